The van der Waals surface area contributed by atoms with E-state index in [4.69, 9.17) is 4.74 Å². The zero-order valence-electron chi connectivity index (χ0n) is 19.2. The number of benzene rings is 2. The minimum absolute atomic E-state index is 0. The van der Waals surface area contributed by atoms with E-state index in [2.05, 4.69) is 42.8 Å². The summed E-state index contributed by atoms with van der Waals surface area (Å²) in [6.45, 7) is 4.46. The normalized spacial score (nSPS) is 10.9. The van der Waals surface area contributed by atoms with Crippen molar-refractivity contribution < 1.29 is 9.53 Å². The van der Waals surface area contributed by atoms with Gasteiger partial charge in [0.05, 0.1) is 13.7 Å². The van der Waals surface area contributed by atoms with Crippen molar-refractivity contribution in [2.45, 2.75) is 33.2 Å². The van der Waals surface area contributed by atoms with Gasteiger partial charge in [0.2, 0.25) is 0 Å². The van der Waals surface area contributed by atoms with E-state index in [9.17, 15) is 4.79 Å². The van der Waals surface area contributed by atoms with Crippen LogP contribution in [0, 0.1) is 0 Å². The van der Waals surface area contributed by atoms with Crippen molar-refractivity contribution in [3.8, 4) is 22.5 Å². The number of H-pyrrole nitrogens is 1. The molecule has 5 rings (SSSR count). The molecule has 0 saturated heterocycles. The van der Waals surface area contributed by atoms with E-state index < -0.39 is 5.97 Å². The van der Waals surface area contributed by atoms with E-state index in [-0.39, 0.29) is 29.6 Å². The van der Waals surface area contributed by atoms with Gasteiger partial charge in [-0.2, -0.15) is 4.63 Å². The number of hydrogen-bond acceptors (Lipinski definition) is 7. The van der Waals surface area contributed by atoms with Gasteiger partial charge >= 0.3 is 35.5 Å². The number of esters is 1. The molecule has 0 saturated carbocycles. The van der Waals surface area contributed by atoms with Gasteiger partial charge < -0.3 is 4.74 Å². The molecule has 10 nitrogen and oxygen atoms in total. The summed E-state index contributed by atoms with van der Waals surface area (Å²) in [6.07, 6.45) is 1.36. The van der Waals surface area contributed by atoms with E-state index in [1.54, 1.807) is 4.63 Å². The van der Waals surface area contributed by atoms with Crippen molar-refractivity contribution in [3.05, 3.63) is 71.2 Å². The second kappa shape index (κ2) is 10.5. The van der Waals surface area contributed by atoms with Gasteiger partial charge in [0, 0.05) is 17.5 Å². The molecule has 0 aliphatic heterocycles. The Bertz CT molecular complexity index is 1460. The van der Waals surface area contributed by atoms with Crippen LogP contribution in [0.3, 0.4) is 0 Å². The fraction of sp³-hybridized carbons (Fsp3) is 0.250. The Kier molecular flexibility index (Phi) is 7.44. The number of methoxy groups -OCH3 is 1. The van der Waals surface area contributed by atoms with Gasteiger partial charge in [0.15, 0.2) is 23.0 Å². The van der Waals surface area contributed by atoms with E-state index in [0.717, 1.165) is 33.6 Å². The molecule has 11 heteroatoms. The molecule has 0 radical (unpaired) electrons. The van der Waals surface area contributed by atoms with Gasteiger partial charge in [-0.25, -0.2) is 14.9 Å². The minimum atomic E-state index is -0.395. The van der Waals surface area contributed by atoms with Crippen molar-refractivity contribution >= 4 is 41.2 Å². The maximum absolute atomic E-state index is 12.7. The van der Waals surface area contributed by atoms with Gasteiger partial charge in [-0.05, 0) is 33.5 Å². The van der Waals surface area contributed by atoms with Crippen LogP contribution in [0.15, 0.2) is 48.5 Å². The number of carbonyl (C=O) groups excluding carboxylic acids is 1. The number of nitrogens with one attached hydrogen (secondary N) is 1. The summed E-state index contributed by atoms with van der Waals surface area (Å²) in [7, 11) is 1.39. The maximum atomic E-state index is 12.7. The fourth-order valence-electron chi connectivity index (χ4n) is 4.18. The monoisotopic (exact) mass is 480 g/mol. The second-order valence-electron chi connectivity index (χ2n) is 7.82. The Hall–Kier alpha value is -3.34. The molecule has 35 heavy (non-hydrogen) atoms. The molecule has 0 atom stereocenters. The summed E-state index contributed by atoms with van der Waals surface area (Å²) < 4.78 is 8.66. The van der Waals surface area contributed by atoms with Crippen LogP contribution in [-0.2, 0) is 24.1 Å². The first kappa shape index (κ1) is 24.8. The van der Waals surface area contributed by atoms with Crippen molar-refractivity contribution in [1.29, 1.82) is 0 Å². The van der Waals surface area contributed by atoms with Gasteiger partial charge in [-0.15, -0.1) is 10.2 Å². The first-order valence-electron chi connectivity index (χ1n) is 11.1. The molecular weight excluding hydrogens is 455 g/mol. The molecule has 3 heterocycles. The molecule has 0 amide bonds. The summed E-state index contributed by atoms with van der Waals surface area (Å²) in [5, 5.41) is 18.9. The fourth-order valence-corrected chi connectivity index (χ4v) is 4.18. The number of aromatic nitrogens is 8. The van der Waals surface area contributed by atoms with Crippen LogP contribution in [0.4, 0.5) is 0 Å². The molecule has 174 valence electrons. The van der Waals surface area contributed by atoms with E-state index in [1.807, 2.05) is 54.9 Å². The Morgan fingerprint density at radius 3 is 2.40 bits per heavy atom. The molecule has 5 aromatic rings. The molecule has 3 aromatic heterocycles. The van der Waals surface area contributed by atoms with Gasteiger partial charge in [0.25, 0.3) is 0 Å². The summed E-state index contributed by atoms with van der Waals surface area (Å²) >= 11 is 0. The van der Waals surface area contributed by atoms with Gasteiger partial charge in [0.1, 0.15) is 0 Å². The number of aromatic amines is 1. The summed E-state index contributed by atoms with van der Waals surface area (Å²) in [5.74, 6) is 0.958. The Labute approximate surface area is 224 Å². The molecule has 0 spiro atoms. The number of carbonyl (C=O) groups is 1. The molecule has 0 fully saturated rings. The number of rotatable bonds is 7. The molecule has 2 aromatic carbocycles. The molecule has 0 unspecified atom stereocenters. The van der Waals surface area contributed by atoms with Crippen LogP contribution in [0.1, 0.15) is 41.3 Å². The Morgan fingerprint density at radius 2 is 1.77 bits per heavy atom. The van der Waals surface area contributed by atoms with Crippen LogP contribution in [0.25, 0.3) is 28.2 Å². The van der Waals surface area contributed by atoms with Gasteiger partial charge in [-0.1, -0.05) is 62.4 Å². The van der Waals surface area contributed by atoms with Crippen molar-refractivity contribution in [2.75, 3.05) is 7.11 Å². The third-order valence-corrected chi connectivity index (χ3v) is 5.85. The third-order valence-electron chi connectivity index (χ3n) is 5.85. The first-order chi connectivity index (χ1) is 16.6. The zero-order valence-corrected chi connectivity index (χ0v) is 19.2. The molecular formula is C24H25N8NaO2. The number of aryl methyl sites for hydroxylation is 2. The van der Waals surface area contributed by atoms with Crippen molar-refractivity contribution in [2.24, 2.45) is 0 Å². The summed E-state index contributed by atoms with van der Waals surface area (Å²) in [6, 6.07) is 16.1. The average molecular weight is 481 g/mol. The van der Waals surface area contributed by atoms with E-state index in [0.29, 0.717) is 36.6 Å². The topological polar surface area (TPSA) is 116 Å². The van der Waals surface area contributed by atoms with E-state index in [1.165, 1.54) is 7.11 Å². The van der Waals surface area contributed by atoms with Crippen molar-refractivity contribution in [3.63, 3.8) is 0 Å². The average Bonchev–Trinajstić information content (AvgIpc) is 3.61. The third kappa shape index (κ3) is 4.52. The van der Waals surface area contributed by atoms with E-state index >= 15 is 0 Å². The van der Waals surface area contributed by atoms with Crippen LogP contribution >= 0.6 is 0 Å². The predicted octanol–water partition coefficient (Wildman–Crippen LogP) is 2.69. The SMILES string of the molecule is CCc1nc2c(CC)c(C(=O)OC)n(Cc3ccc(-c4ccccc4-c4nnn[nH]4)cc3)n2n1.[NaH]. The number of hydrogen-bond donors (Lipinski definition) is 1. The predicted molar refractivity (Wildman–Crippen MR) is 132 cm³/mol. The molecule has 1 N–H and O–H groups in total. The first-order valence-corrected chi connectivity index (χ1v) is 11.1. The van der Waals surface area contributed by atoms with Gasteiger partial charge in [-0.3, -0.25) is 4.68 Å². The van der Waals surface area contributed by atoms with Crippen molar-refractivity contribution in [1.82, 2.24) is 40.0 Å². The number of nitrogens with zero attached hydrogens (tertiary/aromatic N) is 7. The quantitative estimate of drug-likeness (QED) is 0.281. The summed E-state index contributed by atoms with van der Waals surface area (Å²) in [4.78, 5) is 17.3. The number of fused-ring (bicyclic) bond motifs is 1. The molecule has 0 bridgehead atoms. The van der Waals surface area contributed by atoms with Crippen LogP contribution in [0.2, 0.25) is 0 Å². The summed E-state index contributed by atoms with van der Waals surface area (Å²) in [5.41, 5.74) is 6.00. The van der Waals surface area contributed by atoms with Crippen LogP contribution < -0.4 is 0 Å². The number of ether oxygens (including phenoxy) is 1. The molecule has 0 aliphatic carbocycles. The number of tetrazole rings is 1. The Morgan fingerprint density at radius 1 is 1.03 bits per heavy atom. The molecule has 0 aliphatic rings. The second-order valence-corrected chi connectivity index (χ2v) is 7.82. The zero-order chi connectivity index (χ0) is 23.7. The van der Waals surface area contributed by atoms with Crippen LogP contribution in [0.5, 0.6) is 0 Å². The van der Waals surface area contributed by atoms with Crippen LogP contribution in [-0.4, -0.2) is 82.7 Å². The standard InChI is InChI=1S/C24H24N8O2.Na.H/c1-4-17-21(24(33)34-3)31(32-23(17)25-20(5-2)28-32)14-15-10-12-16(13-11-15)18-8-6-7-9-19(18)22-26-29-30-27-22;;/h6-13H,4-5,14H2,1-3H3,(H,26,27,29,30);;. The Balaban J connectivity index is 0.00000289.